The summed E-state index contributed by atoms with van der Waals surface area (Å²) in [5, 5.41) is 7.65. The van der Waals surface area contributed by atoms with E-state index in [9.17, 15) is 0 Å². The number of guanidine groups is 1. The SMILES string of the molecule is CCNC(=NCC1CCN(c2cc(Cl)ccc2C)C1)NCCN1CCOCC1.I. The first kappa shape index (κ1) is 24.5. The van der Waals surface area contributed by atoms with Crippen molar-refractivity contribution in [3.8, 4) is 0 Å². The van der Waals surface area contributed by atoms with Crippen LogP contribution in [0.2, 0.25) is 5.02 Å². The fraction of sp³-hybridized carbons (Fsp3) is 0.667. The molecule has 2 fully saturated rings. The fourth-order valence-corrected chi connectivity index (χ4v) is 4.01. The van der Waals surface area contributed by atoms with E-state index in [0.717, 1.165) is 76.6 Å². The summed E-state index contributed by atoms with van der Waals surface area (Å²) in [6.45, 7) is 13.8. The third kappa shape index (κ3) is 7.77. The maximum absolute atomic E-state index is 6.20. The molecule has 0 amide bonds. The van der Waals surface area contributed by atoms with Crippen LogP contribution < -0.4 is 15.5 Å². The number of hydrogen-bond donors (Lipinski definition) is 2. The van der Waals surface area contributed by atoms with Crippen LogP contribution in [0.15, 0.2) is 23.2 Å². The molecule has 0 radical (unpaired) electrons. The van der Waals surface area contributed by atoms with E-state index < -0.39 is 0 Å². The number of aliphatic imine (C=N–C) groups is 1. The summed E-state index contributed by atoms with van der Waals surface area (Å²) in [5.74, 6) is 1.50. The van der Waals surface area contributed by atoms with Crippen LogP contribution in [0, 0.1) is 12.8 Å². The van der Waals surface area contributed by atoms with Gasteiger partial charge in [-0.15, -0.1) is 24.0 Å². The number of hydrogen-bond acceptors (Lipinski definition) is 4. The largest absolute Gasteiger partial charge is 0.379 e. The van der Waals surface area contributed by atoms with Crippen molar-refractivity contribution in [3.63, 3.8) is 0 Å². The second-order valence-electron chi connectivity index (χ2n) is 7.63. The van der Waals surface area contributed by atoms with Gasteiger partial charge in [0.25, 0.3) is 0 Å². The van der Waals surface area contributed by atoms with E-state index in [4.69, 9.17) is 21.3 Å². The summed E-state index contributed by atoms with van der Waals surface area (Å²) in [4.78, 5) is 9.72. The minimum absolute atomic E-state index is 0. The van der Waals surface area contributed by atoms with E-state index in [1.54, 1.807) is 0 Å². The Balaban J connectivity index is 0.00000300. The lowest BCUT2D eigenvalue weighted by atomic mass is 10.1. The van der Waals surface area contributed by atoms with Crippen molar-refractivity contribution in [3.05, 3.63) is 28.8 Å². The van der Waals surface area contributed by atoms with Crippen LogP contribution in [0.3, 0.4) is 0 Å². The van der Waals surface area contributed by atoms with Gasteiger partial charge < -0.3 is 20.3 Å². The van der Waals surface area contributed by atoms with Gasteiger partial charge in [-0.1, -0.05) is 17.7 Å². The van der Waals surface area contributed by atoms with Crippen molar-refractivity contribution >= 4 is 47.2 Å². The molecule has 6 nitrogen and oxygen atoms in total. The number of benzene rings is 1. The maximum atomic E-state index is 6.20. The number of halogens is 2. The first-order chi connectivity index (χ1) is 13.7. The van der Waals surface area contributed by atoms with Gasteiger partial charge in [0.05, 0.1) is 13.2 Å². The molecule has 2 aliphatic rings. The highest BCUT2D eigenvalue weighted by Crippen LogP contribution is 2.29. The Morgan fingerprint density at radius 1 is 1.24 bits per heavy atom. The Labute approximate surface area is 197 Å². The molecular weight excluding hydrogens is 501 g/mol. The first-order valence-electron chi connectivity index (χ1n) is 10.5. The van der Waals surface area contributed by atoms with Crippen LogP contribution in [0.1, 0.15) is 18.9 Å². The molecule has 1 aromatic rings. The van der Waals surface area contributed by atoms with Crippen LogP contribution >= 0.6 is 35.6 Å². The maximum Gasteiger partial charge on any atom is 0.191 e. The number of ether oxygens (including phenoxy) is 1. The zero-order valence-corrected chi connectivity index (χ0v) is 20.7. The molecule has 3 rings (SSSR count). The Hall–Kier alpha value is -0.770. The van der Waals surface area contributed by atoms with E-state index in [0.29, 0.717) is 5.92 Å². The van der Waals surface area contributed by atoms with Crippen LogP contribution in [0.5, 0.6) is 0 Å². The van der Waals surface area contributed by atoms with Crippen LogP contribution in [0.4, 0.5) is 5.69 Å². The van der Waals surface area contributed by atoms with E-state index in [2.05, 4.69) is 46.4 Å². The normalized spacial score (nSPS) is 20.4. The summed E-state index contributed by atoms with van der Waals surface area (Å²) in [7, 11) is 0. The van der Waals surface area contributed by atoms with Crippen molar-refractivity contribution in [2.24, 2.45) is 10.9 Å². The Kier molecular flexibility index (Phi) is 10.8. The monoisotopic (exact) mass is 535 g/mol. The van der Waals surface area contributed by atoms with Gasteiger partial charge in [0.1, 0.15) is 0 Å². The van der Waals surface area contributed by atoms with Gasteiger partial charge in [-0.2, -0.15) is 0 Å². The standard InChI is InChI=1S/C21H34ClN5O.HI/c1-3-23-21(24-7-9-26-10-12-28-13-11-26)25-15-18-6-8-27(16-18)20-14-19(22)5-4-17(20)2;/h4-5,14,18H,3,6-13,15-16H2,1-2H3,(H2,23,24,25);1H. The smallest absolute Gasteiger partial charge is 0.191 e. The van der Waals surface area contributed by atoms with Gasteiger partial charge >= 0.3 is 0 Å². The fourth-order valence-electron chi connectivity index (χ4n) is 3.84. The number of aryl methyl sites for hydroxylation is 1. The topological polar surface area (TPSA) is 52.1 Å². The predicted molar refractivity (Wildman–Crippen MR) is 133 cm³/mol. The second-order valence-corrected chi connectivity index (χ2v) is 8.07. The summed E-state index contributed by atoms with van der Waals surface area (Å²) in [5.41, 5.74) is 2.54. The van der Waals surface area contributed by atoms with Gasteiger partial charge in [-0.3, -0.25) is 9.89 Å². The van der Waals surface area contributed by atoms with E-state index >= 15 is 0 Å². The number of nitrogens with zero attached hydrogens (tertiary/aromatic N) is 3. The number of anilines is 1. The van der Waals surface area contributed by atoms with Crippen molar-refractivity contribution < 1.29 is 4.74 Å². The molecule has 0 aliphatic carbocycles. The Morgan fingerprint density at radius 3 is 2.79 bits per heavy atom. The Morgan fingerprint density at radius 2 is 2.03 bits per heavy atom. The average molecular weight is 536 g/mol. The summed E-state index contributed by atoms with van der Waals surface area (Å²) < 4.78 is 5.41. The lowest BCUT2D eigenvalue weighted by Gasteiger charge is -2.26. The lowest BCUT2D eigenvalue weighted by molar-refractivity contribution is 0.0389. The van der Waals surface area contributed by atoms with Crippen molar-refractivity contribution in [1.82, 2.24) is 15.5 Å². The molecule has 2 aliphatic heterocycles. The molecule has 1 aromatic carbocycles. The molecule has 2 N–H and O–H groups in total. The summed E-state index contributed by atoms with van der Waals surface area (Å²) in [6, 6.07) is 6.15. The number of nitrogens with one attached hydrogen (secondary N) is 2. The molecule has 1 unspecified atom stereocenters. The van der Waals surface area contributed by atoms with Gasteiger partial charge in [0.2, 0.25) is 0 Å². The molecule has 0 bridgehead atoms. The average Bonchev–Trinajstić information content (AvgIpc) is 3.17. The highest BCUT2D eigenvalue weighted by atomic mass is 127. The Bertz CT molecular complexity index is 654. The quantitative estimate of drug-likeness (QED) is 0.319. The van der Waals surface area contributed by atoms with Gasteiger partial charge in [0, 0.05) is 63.1 Å². The molecule has 2 heterocycles. The first-order valence-corrected chi connectivity index (χ1v) is 10.9. The third-order valence-corrected chi connectivity index (χ3v) is 5.71. The van der Waals surface area contributed by atoms with Gasteiger partial charge in [-0.25, -0.2) is 0 Å². The molecule has 164 valence electrons. The molecule has 0 saturated carbocycles. The lowest BCUT2D eigenvalue weighted by Crippen LogP contribution is -2.44. The predicted octanol–water partition coefficient (Wildman–Crippen LogP) is 2.98. The van der Waals surface area contributed by atoms with E-state index in [-0.39, 0.29) is 24.0 Å². The molecule has 1 atom stereocenters. The molecule has 29 heavy (non-hydrogen) atoms. The van der Waals surface area contributed by atoms with Crippen molar-refractivity contribution in [2.75, 3.05) is 70.5 Å². The van der Waals surface area contributed by atoms with Gasteiger partial charge in [-0.05, 0) is 43.9 Å². The van der Waals surface area contributed by atoms with E-state index in [1.807, 2.05) is 6.07 Å². The van der Waals surface area contributed by atoms with Gasteiger partial charge in [0.15, 0.2) is 5.96 Å². The van der Waals surface area contributed by atoms with Crippen molar-refractivity contribution in [1.29, 1.82) is 0 Å². The second kappa shape index (κ2) is 12.8. The number of morpholine rings is 1. The van der Waals surface area contributed by atoms with Crippen molar-refractivity contribution in [2.45, 2.75) is 20.3 Å². The van der Waals surface area contributed by atoms with Crippen LogP contribution in [-0.4, -0.2) is 76.4 Å². The minimum Gasteiger partial charge on any atom is -0.379 e. The highest BCUT2D eigenvalue weighted by molar-refractivity contribution is 14.0. The number of rotatable bonds is 7. The highest BCUT2D eigenvalue weighted by Gasteiger charge is 2.23. The molecule has 0 spiro atoms. The third-order valence-electron chi connectivity index (χ3n) is 5.47. The van der Waals surface area contributed by atoms with Crippen LogP contribution in [-0.2, 0) is 4.74 Å². The van der Waals surface area contributed by atoms with Crippen LogP contribution in [0.25, 0.3) is 0 Å². The minimum atomic E-state index is 0. The zero-order valence-electron chi connectivity index (χ0n) is 17.6. The molecule has 0 aromatic heterocycles. The zero-order chi connectivity index (χ0) is 19.8. The van der Waals surface area contributed by atoms with E-state index in [1.165, 1.54) is 17.7 Å². The molecule has 2 saturated heterocycles. The summed E-state index contributed by atoms with van der Waals surface area (Å²) in [6.07, 6.45) is 1.17. The summed E-state index contributed by atoms with van der Waals surface area (Å²) >= 11 is 6.20. The molecule has 8 heteroatoms. The molecular formula is C21H35ClIN5O.